The third kappa shape index (κ3) is 3.14. The van der Waals surface area contributed by atoms with E-state index in [1.807, 2.05) is 36.4 Å². The Labute approximate surface area is 246 Å². The highest BCUT2D eigenvalue weighted by Gasteiger charge is 2.48. The van der Waals surface area contributed by atoms with Crippen LogP contribution in [0, 0.1) is 0 Å². The Balaban J connectivity index is 1.31. The molecule has 0 aromatic heterocycles. The lowest BCUT2D eigenvalue weighted by Gasteiger charge is -2.37. The molecule has 0 bridgehead atoms. The minimum absolute atomic E-state index is 0.00507. The van der Waals surface area contributed by atoms with Crippen molar-refractivity contribution in [3.8, 4) is 34.5 Å². The molecule has 204 valence electrons. The van der Waals surface area contributed by atoms with Crippen LogP contribution >= 0.6 is 0 Å². The molecule has 0 radical (unpaired) electrons. The van der Waals surface area contributed by atoms with Gasteiger partial charge in [-0.15, -0.1) is 0 Å². The van der Waals surface area contributed by atoms with Gasteiger partial charge in [0.05, 0.1) is 17.1 Å². The van der Waals surface area contributed by atoms with Crippen LogP contribution in [0.5, 0.6) is 34.5 Å². The Morgan fingerprint density at radius 1 is 0.595 bits per heavy atom. The monoisotopic (exact) mass is 547 g/mol. The summed E-state index contributed by atoms with van der Waals surface area (Å²) < 4.78 is 20.1. The number of anilines is 3. The van der Waals surface area contributed by atoms with E-state index in [1.165, 1.54) is 22.1 Å². The molecule has 0 fully saturated rings. The van der Waals surface area contributed by atoms with Crippen molar-refractivity contribution in [1.29, 1.82) is 0 Å². The average Bonchev–Trinajstić information content (AvgIpc) is 3.18. The molecule has 5 heteroatoms. The van der Waals surface area contributed by atoms with Crippen LogP contribution in [0.1, 0.15) is 45.2 Å². The summed E-state index contributed by atoms with van der Waals surface area (Å²) in [5, 5.41) is 0. The van der Waals surface area contributed by atoms with Crippen LogP contribution in [-0.2, 0) is 10.8 Å². The van der Waals surface area contributed by atoms with Crippen LogP contribution in [0.2, 0.25) is 0 Å². The topological polar surface area (TPSA) is 30.9 Å². The third-order valence-corrected chi connectivity index (χ3v) is 9.52. The lowest BCUT2D eigenvalue weighted by Crippen LogP contribution is -2.57. The molecule has 42 heavy (non-hydrogen) atoms. The Kier molecular flexibility index (Phi) is 4.58. The third-order valence-electron chi connectivity index (χ3n) is 9.52. The summed E-state index contributed by atoms with van der Waals surface area (Å²) in [7, 11) is 0. The number of hydrogen-bond acceptors (Lipinski definition) is 4. The van der Waals surface area contributed by atoms with E-state index in [9.17, 15) is 0 Å². The zero-order valence-corrected chi connectivity index (χ0v) is 24.2. The maximum Gasteiger partial charge on any atom is 0.260 e. The van der Waals surface area contributed by atoms with Crippen molar-refractivity contribution in [3.63, 3.8) is 0 Å². The largest absolute Gasteiger partial charge is 0.458 e. The van der Waals surface area contributed by atoms with Crippen LogP contribution in [-0.4, -0.2) is 6.71 Å². The normalized spacial score (nSPS) is 17.3. The van der Waals surface area contributed by atoms with E-state index >= 15 is 0 Å². The maximum atomic E-state index is 7.08. The van der Waals surface area contributed by atoms with E-state index in [0.29, 0.717) is 0 Å². The number of fused-ring (bicyclic) bond motifs is 8. The van der Waals surface area contributed by atoms with Gasteiger partial charge < -0.3 is 19.1 Å². The maximum absolute atomic E-state index is 7.08. The molecule has 5 aromatic rings. The molecule has 0 atom stereocenters. The predicted octanol–water partition coefficient (Wildman–Crippen LogP) is 7.95. The molecular weight excluding hydrogens is 517 g/mol. The van der Waals surface area contributed by atoms with E-state index in [0.717, 1.165) is 63.4 Å². The van der Waals surface area contributed by atoms with E-state index in [1.54, 1.807) is 0 Å². The van der Waals surface area contributed by atoms with Gasteiger partial charge in [0.15, 0.2) is 11.5 Å². The van der Waals surface area contributed by atoms with Gasteiger partial charge in [0.1, 0.15) is 23.0 Å². The molecule has 0 unspecified atom stereocenters. The molecule has 0 N–H and O–H groups in total. The molecule has 1 aliphatic carbocycles. The molecule has 3 heterocycles. The Hall–Kier alpha value is -4.64. The highest BCUT2D eigenvalue weighted by Crippen LogP contribution is 2.55. The van der Waals surface area contributed by atoms with Gasteiger partial charge in [-0.05, 0) is 64.1 Å². The Bertz CT molecular complexity index is 1930. The van der Waals surface area contributed by atoms with E-state index < -0.39 is 0 Å². The lowest BCUT2D eigenvalue weighted by molar-refractivity contribution is 0.394. The summed E-state index contributed by atoms with van der Waals surface area (Å²) in [6, 6.07) is 33.8. The van der Waals surface area contributed by atoms with Crippen LogP contribution in [0.15, 0.2) is 97.1 Å². The highest BCUT2D eigenvalue weighted by atomic mass is 16.5. The first kappa shape index (κ1) is 24.0. The van der Waals surface area contributed by atoms with Crippen molar-refractivity contribution in [3.05, 3.63) is 108 Å². The fraction of sp³-hybridized carbons (Fsp3) is 0.189. The lowest BCUT2D eigenvalue weighted by atomic mass is 9.34. The van der Waals surface area contributed by atoms with Gasteiger partial charge in [-0.2, -0.15) is 0 Å². The van der Waals surface area contributed by atoms with Crippen LogP contribution in [0.3, 0.4) is 0 Å². The molecule has 0 amide bonds. The summed E-state index contributed by atoms with van der Waals surface area (Å²) in [5.41, 5.74) is 9.24. The van der Waals surface area contributed by atoms with Gasteiger partial charge in [0.2, 0.25) is 0 Å². The quantitative estimate of drug-likeness (QED) is 0.195. The van der Waals surface area contributed by atoms with Crippen LogP contribution < -0.4 is 35.5 Å². The molecule has 3 aliphatic heterocycles. The zero-order valence-electron chi connectivity index (χ0n) is 24.2. The van der Waals surface area contributed by atoms with Gasteiger partial charge in [0.25, 0.3) is 6.71 Å². The van der Waals surface area contributed by atoms with Gasteiger partial charge in [0, 0.05) is 23.2 Å². The molecule has 4 nitrogen and oxygen atoms in total. The van der Waals surface area contributed by atoms with Crippen molar-refractivity contribution in [1.82, 2.24) is 0 Å². The van der Waals surface area contributed by atoms with Crippen molar-refractivity contribution >= 4 is 40.2 Å². The second kappa shape index (κ2) is 8.01. The highest BCUT2D eigenvalue weighted by molar-refractivity contribution is 6.98. The number of nitrogens with zero attached hydrogens (tertiary/aromatic N) is 1. The molecule has 4 aliphatic rings. The van der Waals surface area contributed by atoms with Crippen molar-refractivity contribution in [2.75, 3.05) is 4.90 Å². The Morgan fingerprint density at radius 3 is 1.90 bits per heavy atom. The van der Waals surface area contributed by atoms with E-state index in [-0.39, 0.29) is 17.5 Å². The SMILES string of the molecule is CC1(C)CC(C)(C)c2c1ccc1c2Oc2cc(N3c4ccccc4Oc4ccccc43)cc3c2B1c1ccccc1O3. The van der Waals surface area contributed by atoms with Crippen molar-refractivity contribution < 1.29 is 14.2 Å². The second-order valence-corrected chi connectivity index (χ2v) is 13.3. The molecule has 0 spiro atoms. The zero-order chi connectivity index (χ0) is 28.4. The minimum atomic E-state index is -0.00507. The minimum Gasteiger partial charge on any atom is -0.458 e. The summed E-state index contributed by atoms with van der Waals surface area (Å²) >= 11 is 0. The standard InChI is InChI=1S/C37H30BNO3/c1-36(2)21-37(3,4)33-23(36)17-18-25-35(33)42-32-20-22(19-31-34(32)38(25)24-11-5-8-14-28(24)40-31)39-26-12-6-9-15-29(26)41-30-16-10-7-13-27(30)39/h5-20H,21H2,1-4H3. The molecule has 0 saturated carbocycles. The first-order valence-corrected chi connectivity index (χ1v) is 14.8. The molecule has 9 rings (SSSR count). The van der Waals surface area contributed by atoms with Crippen molar-refractivity contribution in [2.24, 2.45) is 0 Å². The summed E-state index contributed by atoms with van der Waals surface area (Å²) in [5.74, 6) is 5.24. The van der Waals surface area contributed by atoms with E-state index in [4.69, 9.17) is 14.2 Å². The average molecular weight is 547 g/mol. The first-order valence-electron chi connectivity index (χ1n) is 14.8. The number of rotatable bonds is 1. The number of ether oxygens (including phenoxy) is 3. The fourth-order valence-corrected chi connectivity index (χ4v) is 8.13. The molecular formula is C37H30BNO3. The smallest absolute Gasteiger partial charge is 0.260 e. The van der Waals surface area contributed by atoms with Crippen molar-refractivity contribution in [2.45, 2.75) is 44.9 Å². The van der Waals surface area contributed by atoms with E-state index in [2.05, 4.69) is 93.3 Å². The summed E-state index contributed by atoms with van der Waals surface area (Å²) in [6.45, 7) is 9.47. The summed E-state index contributed by atoms with van der Waals surface area (Å²) in [4.78, 5) is 2.26. The molecule has 0 saturated heterocycles. The summed E-state index contributed by atoms with van der Waals surface area (Å²) in [6.07, 6.45) is 1.08. The first-order chi connectivity index (χ1) is 20.3. The number of benzene rings is 5. The van der Waals surface area contributed by atoms with Crippen LogP contribution in [0.4, 0.5) is 17.1 Å². The van der Waals surface area contributed by atoms with Gasteiger partial charge in [-0.1, -0.05) is 82.3 Å². The van der Waals surface area contributed by atoms with Gasteiger partial charge in [-0.3, -0.25) is 0 Å². The Morgan fingerprint density at radius 2 is 1.19 bits per heavy atom. The number of hydrogen-bond donors (Lipinski definition) is 0. The molecule has 5 aromatic carbocycles. The van der Waals surface area contributed by atoms with Gasteiger partial charge in [-0.25, -0.2) is 0 Å². The number of para-hydroxylation sites is 5. The second-order valence-electron chi connectivity index (χ2n) is 13.3. The fourth-order valence-electron chi connectivity index (χ4n) is 8.13. The van der Waals surface area contributed by atoms with Crippen LogP contribution in [0.25, 0.3) is 0 Å². The predicted molar refractivity (Wildman–Crippen MR) is 170 cm³/mol. The van der Waals surface area contributed by atoms with Gasteiger partial charge >= 0.3 is 0 Å².